The maximum Gasteiger partial charge on any atom is 0.259 e. The summed E-state index contributed by atoms with van der Waals surface area (Å²) in [5.41, 5.74) is 0.319. The van der Waals surface area contributed by atoms with Crippen molar-refractivity contribution in [1.82, 2.24) is 10.1 Å². The zero-order valence-corrected chi connectivity index (χ0v) is 10.5. The molecule has 0 aliphatic rings. The molecule has 4 nitrogen and oxygen atoms in total. The van der Waals surface area contributed by atoms with E-state index in [4.69, 9.17) is 16.1 Å². The minimum absolute atomic E-state index is 0.0716. The zero-order valence-electron chi connectivity index (χ0n) is 9.73. The van der Waals surface area contributed by atoms with Crippen molar-refractivity contribution in [1.29, 1.82) is 0 Å². The Hall–Kier alpha value is -1.46. The van der Waals surface area contributed by atoms with Crippen LogP contribution in [0.1, 0.15) is 31.7 Å². The van der Waals surface area contributed by atoms with Crippen molar-refractivity contribution < 1.29 is 14.0 Å². The van der Waals surface area contributed by atoms with Gasteiger partial charge < -0.3 is 9.63 Å². The fourth-order valence-electron chi connectivity index (χ4n) is 1.55. The number of rotatable bonds is 4. The van der Waals surface area contributed by atoms with Crippen LogP contribution in [-0.4, -0.2) is 15.2 Å². The molecule has 0 fully saturated rings. The number of nitrogens with zero attached hydrogens (tertiary/aromatic N) is 2. The number of hydrogen-bond donors (Lipinski definition) is 1. The third-order valence-corrected chi connectivity index (χ3v) is 2.87. The molecule has 0 bridgehead atoms. The Morgan fingerprint density at radius 3 is 3.00 bits per heavy atom. The summed E-state index contributed by atoms with van der Waals surface area (Å²) in [6.45, 7) is 1.94. The molecule has 6 heteroatoms. The van der Waals surface area contributed by atoms with Crippen molar-refractivity contribution >= 4 is 11.6 Å². The molecule has 2 rings (SSSR count). The minimum atomic E-state index is -0.778. The van der Waals surface area contributed by atoms with Gasteiger partial charge in [-0.25, -0.2) is 4.39 Å². The van der Waals surface area contributed by atoms with E-state index in [-0.39, 0.29) is 16.7 Å². The molecule has 0 aliphatic heterocycles. The van der Waals surface area contributed by atoms with Crippen LogP contribution >= 0.6 is 11.6 Å². The molecular formula is C12H12ClFN2O2. The van der Waals surface area contributed by atoms with E-state index in [1.165, 1.54) is 12.1 Å². The predicted octanol–water partition coefficient (Wildman–Crippen LogP) is 3.36. The Balaban J connectivity index is 2.32. The molecule has 0 spiro atoms. The normalized spacial score (nSPS) is 12.7. The summed E-state index contributed by atoms with van der Waals surface area (Å²) in [6.07, 6.45) is 0.557. The molecule has 0 amide bonds. The second-order valence-corrected chi connectivity index (χ2v) is 4.24. The number of halogens is 2. The lowest BCUT2D eigenvalue weighted by Crippen LogP contribution is -1.98. The highest BCUT2D eigenvalue weighted by atomic mass is 35.5. The SMILES string of the molecule is CCCC(O)c1noc(-c2cccc(F)c2Cl)n1. The average molecular weight is 271 g/mol. The minimum Gasteiger partial charge on any atom is -0.385 e. The zero-order chi connectivity index (χ0) is 13.1. The van der Waals surface area contributed by atoms with Crippen LogP contribution in [0.4, 0.5) is 4.39 Å². The highest BCUT2D eigenvalue weighted by molar-refractivity contribution is 6.33. The first-order chi connectivity index (χ1) is 8.63. The van der Waals surface area contributed by atoms with E-state index in [0.717, 1.165) is 6.42 Å². The van der Waals surface area contributed by atoms with Crippen molar-refractivity contribution in [2.45, 2.75) is 25.9 Å². The Morgan fingerprint density at radius 2 is 2.28 bits per heavy atom. The predicted molar refractivity (Wildman–Crippen MR) is 64.6 cm³/mol. The lowest BCUT2D eigenvalue weighted by Gasteiger charge is -2.01. The highest BCUT2D eigenvalue weighted by Crippen LogP contribution is 2.29. The molecule has 0 saturated heterocycles. The average Bonchev–Trinajstić information content (AvgIpc) is 2.82. The van der Waals surface area contributed by atoms with E-state index < -0.39 is 11.9 Å². The Morgan fingerprint density at radius 1 is 1.50 bits per heavy atom. The number of aromatic nitrogens is 2. The Kier molecular flexibility index (Phi) is 3.93. The molecular weight excluding hydrogens is 259 g/mol. The van der Waals surface area contributed by atoms with Gasteiger partial charge in [-0.05, 0) is 18.6 Å². The second-order valence-electron chi connectivity index (χ2n) is 3.86. The van der Waals surface area contributed by atoms with Crippen LogP contribution in [0.3, 0.4) is 0 Å². The highest BCUT2D eigenvalue weighted by Gasteiger charge is 2.18. The molecule has 0 aliphatic carbocycles. The van der Waals surface area contributed by atoms with Gasteiger partial charge >= 0.3 is 0 Å². The van der Waals surface area contributed by atoms with Gasteiger partial charge in [-0.2, -0.15) is 4.98 Å². The fourth-order valence-corrected chi connectivity index (χ4v) is 1.76. The molecule has 2 aromatic rings. The molecule has 1 heterocycles. The third kappa shape index (κ3) is 2.52. The van der Waals surface area contributed by atoms with Crippen molar-refractivity contribution in [3.63, 3.8) is 0 Å². The van der Waals surface area contributed by atoms with Gasteiger partial charge in [-0.15, -0.1) is 0 Å². The van der Waals surface area contributed by atoms with Crippen LogP contribution in [0.15, 0.2) is 22.7 Å². The molecule has 0 saturated carbocycles. The van der Waals surface area contributed by atoms with E-state index in [1.54, 1.807) is 6.07 Å². The maximum absolute atomic E-state index is 13.3. The summed E-state index contributed by atoms with van der Waals surface area (Å²) in [4.78, 5) is 4.02. The second kappa shape index (κ2) is 5.46. The molecule has 1 aromatic heterocycles. The van der Waals surface area contributed by atoms with Gasteiger partial charge in [0.05, 0.1) is 10.6 Å². The molecule has 96 valence electrons. The summed E-state index contributed by atoms with van der Waals surface area (Å²) in [7, 11) is 0. The van der Waals surface area contributed by atoms with Crippen molar-refractivity contribution in [2.75, 3.05) is 0 Å². The lowest BCUT2D eigenvalue weighted by molar-refractivity contribution is 0.153. The monoisotopic (exact) mass is 270 g/mol. The number of aliphatic hydroxyl groups excluding tert-OH is 1. The number of hydrogen-bond acceptors (Lipinski definition) is 4. The molecule has 1 unspecified atom stereocenters. The van der Waals surface area contributed by atoms with Gasteiger partial charge in [0.2, 0.25) is 5.82 Å². The van der Waals surface area contributed by atoms with Gasteiger partial charge in [-0.3, -0.25) is 0 Å². The van der Waals surface area contributed by atoms with E-state index in [1.807, 2.05) is 6.92 Å². The summed E-state index contributed by atoms with van der Waals surface area (Å²) in [6, 6.07) is 4.33. The quantitative estimate of drug-likeness (QED) is 0.925. The van der Waals surface area contributed by atoms with Crippen molar-refractivity contribution in [2.24, 2.45) is 0 Å². The fraction of sp³-hybridized carbons (Fsp3) is 0.333. The van der Waals surface area contributed by atoms with Gasteiger partial charge in [0.15, 0.2) is 0 Å². The summed E-state index contributed by atoms with van der Waals surface area (Å²) in [5, 5.41) is 13.3. The molecule has 0 radical (unpaired) electrons. The molecule has 1 atom stereocenters. The standard InChI is InChI=1S/C12H12ClFN2O2/c1-2-4-9(17)11-15-12(18-16-11)7-5-3-6-8(14)10(7)13/h3,5-6,9,17H,2,4H2,1H3. The van der Waals surface area contributed by atoms with E-state index >= 15 is 0 Å². The Labute approximate surface area is 108 Å². The van der Waals surface area contributed by atoms with Gasteiger partial charge in [0.25, 0.3) is 5.89 Å². The largest absolute Gasteiger partial charge is 0.385 e. The van der Waals surface area contributed by atoms with Gasteiger partial charge in [0, 0.05) is 0 Å². The first-order valence-corrected chi connectivity index (χ1v) is 5.97. The third-order valence-electron chi connectivity index (χ3n) is 2.48. The van der Waals surface area contributed by atoms with Crippen LogP contribution in [0.2, 0.25) is 5.02 Å². The van der Waals surface area contributed by atoms with E-state index in [2.05, 4.69) is 10.1 Å². The van der Waals surface area contributed by atoms with Crippen LogP contribution in [0, 0.1) is 5.82 Å². The van der Waals surface area contributed by atoms with Gasteiger partial charge in [-0.1, -0.05) is 36.2 Å². The molecule has 1 aromatic carbocycles. The molecule has 1 N–H and O–H groups in total. The van der Waals surface area contributed by atoms with E-state index in [9.17, 15) is 9.50 Å². The molecule has 18 heavy (non-hydrogen) atoms. The summed E-state index contributed by atoms with van der Waals surface area (Å²) >= 11 is 5.81. The van der Waals surface area contributed by atoms with Crippen molar-refractivity contribution in [3.8, 4) is 11.5 Å². The maximum atomic E-state index is 13.3. The Bertz CT molecular complexity index is 545. The first-order valence-electron chi connectivity index (χ1n) is 5.59. The van der Waals surface area contributed by atoms with Crippen LogP contribution in [0.5, 0.6) is 0 Å². The van der Waals surface area contributed by atoms with Crippen LogP contribution in [-0.2, 0) is 0 Å². The topological polar surface area (TPSA) is 59.2 Å². The van der Waals surface area contributed by atoms with E-state index in [0.29, 0.717) is 12.0 Å². The van der Waals surface area contributed by atoms with Crippen molar-refractivity contribution in [3.05, 3.63) is 34.9 Å². The number of benzene rings is 1. The number of aliphatic hydroxyl groups is 1. The van der Waals surface area contributed by atoms with Gasteiger partial charge in [0.1, 0.15) is 11.9 Å². The van der Waals surface area contributed by atoms with Crippen LogP contribution in [0.25, 0.3) is 11.5 Å². The lowest BCUT2D eigenvalue weighted by atomic mass is 10.2. The first kappa shape index (κ1) is 13.0. The summed E-state index contributed by atoms with van der Waals surface area (Å²) < 4.78 is 18.3. The summed E-state index contributed by atoms with van der Waals surface area (Å²) in [5.74, 6) is -0.264. The van der Waals surface area contributed by atoms with Crippen LogP contribution < -0.4 is 0 Å². The smallest absolute Gasteiger partial charge is 0.259 e.